The number of thioether (sulfide) groups is 1. The third-order valence-corrected chi connectivity index (χ3v) is 6.28. The van der Waals surface area contributed by atoms with E-state index in [1.165, 1.54) is 0 Å². The van der Waals surface area contributed by atoms with Crippen LogP contribution in [-0.4, -0.2) is 42.1 Å². The molecular weight excluding hydrogens is 418 g/mol. The van der Waals surface area contributed by atoms with Crippen molar-refractivity contribution in [2.75, 3.05) is 37.0 Å². The third kappa shape index (κ3) is 5.67. The van der Waals surface area contributed by atoms with Gasteiger partial charge in [-0.05, 0) is 42.0 Å². The first kappa shape index (κ1) is 22.9. The first-order valence-electron chi connectivity index (χ1n) is 10.3. The van der Waals surface area contributed by atoms with Gasteiger partial charge in [-0.3, -0.25) is 0 Å². The molecule has 1 N–H and O–H groups in total. The Morgan fingerprint density at radius 3 is 2.70 bits per heavy atom. The van der Waals surface area contributed by atoms with Crippen molar-refractivity contribution in [1.82, 2.24) is 4.98 Å². The number of ether oxygens (including phenoxy) is 1. The first-order valence-corrected chi connectivity index (χ1v) is 11.7. The van der Waals surface area contributed by atoms with E-state index in [0.29, 0.717) is 24.7 Å². The molecule has 1 aromatic carbocycles. The van der Waals surface area contributed by atoms with Gasteiger partial charge in [0.1, 0.15) is 16.9 Å². The van der Waals surface area contributed by atoms with E-state index >= 15 is 0 Å². The van der Waals surface area contributed by atoms with Gasteiger partial charge in [0.25, 0.3) is 0 Å². The molecular formula is C23H28ClN3O2S. The number of morpholine rings is 1. The number of aliphatic hydroxyl groups is 1. The quantitative estimate of drug-likeness (QED) is 0.604. The van der Waals surface area contributed by atoms with Crippen LogP contribution >= 0.6 is 23.4 Å². The molecule has 30 heavy (non-hydrogen) atoms. The molecule has 5 nitrogen and oxygen atoms in total. The second kappa shape index (κ2) is 11.0. The number of anilines is 1. The van der Waals surface area contributed by atoms with Crippen molar-refractivity contribution in [3.05, 3.63) is 51.5 Å². The van der Waals surface area contributed by atoms with E-state index in [2.05, 4.69) is 30.9 Å². The van der Waals surface area contributed by atoms with Crippen LogP contribution in [0, 0.1) is 17.2 Å². The number of rotatable bonds is 8. The van der Waals surface area contributed by atoms with Gasteiger partial charge in [-0.25, -0.2) is 4.98 Å². The Hall–Kier alpha value is -1.78. The topological polar surface area (TPSA) is 69.4 Å². The van der Waals surface area contributed by atoms with Gasteiger partial charge in [0.15, 0.2) is 0 Å². The average molecular weight is 446 g/mol. The molecule has 3 rings (SSSR count). The highest BCUT2D eigenvalue weighted by molar-refractivity contribution is 7.99. The Morgan fingerprint density at radius 1 is 1.30 bits per heavy atom. The molecule has 7 heteroatoms. The van der Waals surface area contributed by atoms with Gasteiger partial charge in [0.05, 0.1) is 25.4 Å². The monoisotopic (exact) mass is 445 g/mol. The maximum absolute atomic E-state index is 10.2. The highest BCUT2D eigenvalue weighted by atomic mass is 35.5. The van der Waals surface area contributed by atoms with Gasteiger partial charge in [-0.2, -0.15) is 5.26 Å². The lowest BCUT2D eigenvalue weighted by atomic mass is 9.95. The largest absolute Gasteiger partial charge is 0.392 e. The highest BCUT2D eigenvalue weighted by Crippen LogP contribution is 2.34. The zero-order valence-corrected chi connectivity index (χ0v) is 19.1. The number of hydrogen-bond acceptors (Lipinski definition) is 6. The van der Waals surface area contributed by atoms with Gasteiger partial charge in [0.2, 0.25) is 0 Å². The van der Waals surface area contributed by atoms with Gasteiger partial charge < -0.3 is 14.7 Å². The minimum absolute atomic E-state index is 0.121. The molecule has 0 atom stereocenters. The number of hydrogen-bond donors (Lipinski definition) is 1. The van der Waals surface area contributed by atoms with Gasteiger partial charge in [0, 0.05) is 29.4 Å². The number of pyridine rings is 1. The first-order chi connectivity index (χ1) is 14.5. The van der Waals surface area contributed by atoms with Crippen molar-refractivity contribution < 1.29 is 9.84 Å². The minimum Gasteiger partial charge on any atom is -0.392 e. The maximum Gasteiger partial charge on any atom is 0.135 e. The summed E-state index contributed by atoms with van der Waals surface area (Å²) < 4.78 is 5.49. The van der Waals surface area contributed by atoms with Crippen molar-refractivity contribution in [3.63, 3.8) is 0 Å². The lowest BCUT2D eigenvalue weighted by molar-refractivity contribution is 0.122. The number of nitriles is 1. The van der Waals surface area contributed by atoms with Crippen LogP contribution < -0.4 is 4.90 Å². The second-order valence-corrected chi connectivity index (χ2v) is 9.29. The number of aliphatic hydroxyl groups excluding tert-OH is 1. The number of benzene rings is 1. The molecule has 2 aromatic rings. The van der Waals surface area contributed by atoms with Crippen molar-refractivity contribution in [3.8, 4) is 6.07 Å². The third-order valence-electron chi connectivity index (χ3n) is 5.07. The summed E-state index contributed by atoms with van der Waals surface area (Å²) in [7, 11) is 0. The van der Waals surface area contributed by atoms with Gasteiger partial charge in [-0.15, -0.1) is 11.8 Å². The summed E-state index contributed by atoms with van der Waals surface area (Å²) in [6.07, 6.45) is 1.58. The number of aromatic nitrogens is 1. The van der Waals surface area contributed by atoms with Crippen LogP contribution in [0.5, 0.6) is 0 Å². The summed E-state index contributed by atoms with van der Waals surface area (Å²) in [5.41, 5.74) is 3.47. The van der Waals surface area contributed by atoms with Gasteiger partial charge in [-0.1, -0.05) is 37.6 Å². The van der Waals surface area contributed by atoms with Crippen molar-refractivity contribution in [2.45, 2.75) is 38.3 Å². The zero-order valence-electron chi connectivity index (χ0n) is 17.5. The zero-order chi connectivity index (χ0) is 21.5. The fraction of sp³-hybridized carbons (Fsp3) is 0.478. The molecule has 1 aliphatic heterocycles. The Morgan fingerprint density at radius 2 is 2.07 bits per heavy atom. The fourth-order valence-corrected chi connectivity index (χ4v) is 4.86. The lowest BCUT2D eigenvalue weighted by Crippen LogP contribution is -2.37. The summed E-state index contributed by atoms with van der Waals surface area (Å²) in [4.78, 5) is 7.05. The normalized spacial score (nSPS) is 14.2. The number of aryl methyl sites for hydroxylation is 1. The van der Waals surface area contributed by atoms with Crippen LogP contribution in [0.3, 0.4) is 0 Å². The minimum atomic E-state index is -0.121. The van der Waals surface area contributed by atoms with E-state index < -0.39 is 0 Å². The molecule has 1 aliphatic rings. The number of nitrogens with zero attached hydrogens (tertiary/aromatic N) is 3. The summed E-state index contributed by atoms with van der Waals surface area (Å²) in [5.74, 6) is 1.96. The van der Waals surface area contributed by atoms with Crippen LogP contribution in [-0.2, 0) is 24.2 Å². The van der Waals surface area contributed by atoms with E-state index in [-0.39, 0.29) is 6.61 Å². The second-order valence-electron chi connectivity index (χ2n) is 7.77. The summed E-state index contributed by atoms with van der Waals surface area (Å²) in [5, 5.41) is 21.6. The molecule has 0 saturated carbocycles. The summed E-state index contributed by atoms with van der Waals surface area (Å²) in [6, 6.07) is 10.2. The van der Waals surface area contributed by atoms with Crippen LogP contribution in [0.25, 0.3) is 0 Å². The summed E-state index contributed by atoms with van der Waals surface area (Å²) >= 11 is 7.69. The van der Waals surface area contributed by atoms with E-state index in [1.807, 2.05) is 18.2 Å². The van der Waals surface area contributed by atoms with Crippen LogP contribution in [0.2, 0.25) is 5.02 Å². The van der Waals surface area contributed by atoms with Crippen LogP contribution in [0.1, 0.15) is 36.1 Å². The molecule has 0 bridgehead atoms. The molecule has 2 heterocycles. The van der Waals surface area contributed by atoms with Crippen molar-refractivity contribution >= 4 is 29.2 Å². The standard InChI is InChI=1S/C23H28ClN3O2S/c1-16(2)12-19-20(14-25)23(30-11-6-17-4-3-5-18(24)13-17)26-22(21(19)15-28)27-7-9-29-10-8-27/h3-5,13,16,28H,6-12,15H2,1-2H3. The van der Waals surface area contributed by atoms with Crippen molar-refractivity contribution in [2.24, 2.45) is 5.92 Å². The van der Waals surface area contributed by atoms with Crippen LogP contribution in [0.4, 0.5) is 5.82 Å². The average Bonchev–Trinajstić information content (AvgIpc) is 2.74. The number of halogens is 1. The molecule has 1 fully saturated rings. The lowest BCUT2D eigenvalue weighted by Gasteiger charge is -2.31. The Bertz CT molecular complexity index is 908. The smallest absolute Gasteiger partial charge is 0.135 e. The molecule has 0 spiro atoms. The van der Waals surface area contributed by atoms with Gasteiger partial charge >= 0.3 is 0 Å². The van der Waals surface area contributed by atoms with E-state index in [4.69, 9.17) is 21.3 Å². The maximum atomic E-state index is 10.2. The van der Waals surface area contributed by atoms with E-state index in [1.54, 1.807) is 11.8 Å². The predicted octanol–water partition coefficient (Wildman–Crippen LogP) is 4.47. The Kier molecular flexibility index (Phi) is 8.41. The van der Waals surface area contributed by atoms with E-state index in [9.17, 15) is 10.4 Å². The molecule has 1 saturated heterocycles. The molecule has 0 amide bonds. The molecule has 0 radical (unpaired) electrons. The van der Waals surface area contributed by atoms with Crippen LogP contribution in [0.15, 0.2) is 29.3 Å². The molecule has 1 aromatic heterocycles. The predicted molar refractivity (Wildman–Crippen MR) is 122 cm³/mol. The SMILES string of the molecule is CC(C)Cc1c(C#N)c(SCCc2cccc(Cl)c2)nc(N2CCOCC2)c1CO. The molecule has 0 unspecified atom stereocenters. The molecule has 0 aliphatic carbocycles. The van der Waals surface area contributed by atoms with E-state index in [0.717, 1.165) is 64.2 Å². The summed E-state index contributed by atoms with van der Waals surface area (Å²) in [6.45, 7) is 6.89. The Labute approximate surface area is 188 Å². The Balaban J connectivity index is 1.94. The fourth-order valence-electron chi connectivity index (χ4n) is 3.65. The highest BCUT2D eigenvalue weighted by Gasteiger charge is 2.24. The van der Waals surface area contributed by atoms with Crippen molar-refractivity contribution in [1.29, 1.82) is 5.26 Å². The molecule has 160 valence electrons.